The number of aliphatic imine (C=N–C) groups is 2. The van der Waals surface area contributed by atoms with E-state index >= 15 is 0 Å². The summed E-state index contributed by atoms with van der Waals surface area (Å²) >= 11 is 0. The summed E-state index contributed by atoms with van der Waals surface area (Å²) in [7, 11) is 0. The van der Waals surface area contributed by atoms with Gasteiger partial charge in [-0.25, -0.2) is 4.99 Å². The van der Waals surface area contributed by atoms with E-state index in [0.717, 1.165) is 42.5 Å². The molecule has 1 heterocycles. The Bertz CT molecular complexity index is 860. The molecule has 5 heteroatoms. The molecule has 5 nitrogen and oxygen atoms in total. The van der Waals surface area contributed by atoms with Crippen molar-refractivity contribution in [2.24, 2.45) is 21.5 Å². The zero-order valence-corrected chi connectivity index (χ0v) is 15.2. The van der Waals surface area contributed by atoms with Gasteiger partial charge < -0.3 is 11.5 Å². The van der Waals surface area contributed by atoms with E-state index in [1.165, 1.54) is 12.0 Å². The first-order chi connectivity index (χ1) is 12.6. The van der Waals surface area contributed by atoms with Crippen LogP contribution in [0.1, 0.15) is 37.7 Å². The molecule has 2 aromatic carbocycles. The van der Waals surface area contributed by atoms with Crippen LogP contribution in [0.2, 0.25) is 0 Å². The van der Waals surface area contributed by atoms with Crippen molar-refractivity contribution in [3.8, 4) is 11.1 Å². The molecule has 4 rings (SSSR count). The maximum atomic E-state index is 6.39. The van der Waals surface area contributed by atoms with E-state index in [1.807, 2.05) is 6.07 Å². The molecule has 2 aliphatic rings. The monoisotopic (exact) mass is 347 g/mol. The van der Waals surface area contributed by atoms with Gasteiger partial charge in [0.05, 0.1) is 5.69 Å². The van der Waals surface area contributed by atoms with Crippen molar-refractivity contribution in [1.29, 1.82) is 0 Å². The second-order valence-electron chi connectivity index (χ2n) is 7.20. The van der Waals surface area contributed by atoms with Gasteiger partial charge in [-0.1, -0.05) is 54.4 Å². The van der Waals surface area contributed by atoms with E-state index in [0.29, 0.717) is 5.96 Å². The van der Waals surface area contributed by atoms with Crippen LogP contribution in [0.3, 0.4) is 0 Å². The van der Waals surface area contributed by atoms with Crippen LogP contribution in [0, 0.1) is 6.92 Å². The molecule has 1 saturated carbocycles. The summed E-state index contributed by atoms with van der Waals surface area (Å²) in [5, 5.41) is 0. The van der Waals surface area contributed by atoms with Crippen LogP contribution in [-0.4, -0.2) is 17.6 Å². The third-order valence-corrected chi connectivity index (χ3v) is 5.36. The van der Waals surface area contributed by atoms with Crippen molar-refractivity contribution in [2.45, 2.75) is 44.7 Å². The Morgan fingerprint density at radius 3 is 2.35 bits per heavy atom. The fourth-order valence-corrected chi connectivity index (χ4v) is 4.12. The summed E-state index contributed by atoms with van der Waals surface area (Å²) < 4.78 is 0. The summed E-state index contributed by atoms with van der Waals surface area (Å²) in [5.74, 6) is 0.715. The number of nitrogens with two attached hydrogens (primary N) is 2. The Balaban J connectivity index is 1.86. The van der Waals surface area contributed by atoms with Gasteiger partial charge in [0.1, 0.15) is 5.66 Å². The lowest BCUT2D eigenvalue weighted by atomic mass is 9.86. The first kappa shape index (κ1) is 16.6. The zero-order chi connectivity index (χ0) is 18.1. The summed E-state index contributed by atoms with van der Waals surface area (Å²) in [6, 6.07) is 16.9. The third-order valence-electron chi connectivity index (χ3n) is 5.36. The van der Waals surface area contributed by atoms with Gasteiger partial charge in [-0.15, -0.1) is 0 Å². The Morgan fingerprint density at radius 2 is 1.62 bits per heavy atom. The standard InChI is InChI=1S/C21H25N5/c1-15-9-11-16(12-10-15)17-7-3-4-8-18(17)26-20(23)24-19(22)25-21(26)13-5-2-6-14-21/h3-4,7-12H,2,5-6,13-14H2,1H3,(H4,22,23,24,25). The molecule has 0 atom stereocenters. The minimum atomic E-state index is -0.422. The van der Waals surface area contributed by atoms with Crippen LogP contribution in [0.25, 0.3) is 11.1 Å². The highest BCUT2D eigenvalue weighted by molar-refractivity contribution is 6.07. The van der Waals surface area contributed by atoms with Gasteiger partial charge in [0.2, 0.25) is 11.9 Å². The van der Waals surface area contributed by atoms with Gasteiger partial charge in [-0.3, -0.25) is 4.90 Å². The van der Waals surface area contributed by atoms with E-state index < -0.39 is 5.66 Å². The lowest BCUT2D eigenvalue weighted by Gasteiger charge is -2.46. The minimum absolute atomic E-state index is 0.286. The van der Waals surface area contributed by atoms with Crippen molar-refractivity contribution in [3.05, 3.63) is 54.1 Å². The molecule has 0 amide bonds. The van der Waals surface area contributed by atoms with E-state index in [1.54, 1.807) is 0 Å². The van der Waals surface area contributed by atoms with Crippen molar-refractivity contribution in [1.82, 2.24) is 0 Å². The number of aryl methyl sites for hydroxylation is 1. The Hall–Kier alpha value is -2.82. The average Bonchev–Trinajstić information content (AvgIpc) is 2.63. The molecule has 1 spiro atoms. The number of rotatable bonds is 2. The van der Waals surface area contributed by atoms with E-state index in [9.17, 15) is 0 Å². The fraction of sp³-hybridized carbons (Fsp3) is 0.333. The first-order valence-electron chi connectivity index (χ1n) is 9.25. The smallest absolute Gasteiger partial charge is 0.220 e. The van der Waals surface area contributed by atoms with Crippen molar-refractivity contribution >= 4 is 17.6 Å². The molecule has 26 heavy (non-hydrogen) atoms. The van der Waals surface area contributed by atoms with E-state index in [-0.39, 0.29) is 5.96 Å². The number of para-hydroxylation sites is 1. The quantitative estimate of drug-likeness (QED) is 0.868. The van der Waals surface area contributed by atoms with Gasteiger partial charge in [-0.2, -0.15) is 4.99 Å². The van der Waals surface area contributed by atoms with E-state index in [2.05, 4.69) is 59.3 Å². The number of hydrogen-bond donors (Lipinski definition) is 2. The van der Waals surface area contributed by atoms with E-state index in [4.69, 9.17) is 16.5 Å². The van der Waals surface area contributed by atoms with Crippen molar-refractivity contribution in [3.63, 3.8) is 0 Å². The second kappa shape index (κ2) is 6.48. The predicted molar refractivity (Wildman–Crippen MR) is 108 cm³/mol. The molecule has 0 aromatic heterocycles. The molecule has 1 fully saturated rings. The van der Waals surface area contributed by atoms with Crippen LogP contribution in [0.5, 0.6) is 0 Å². The number of nitrogens with zero attached hydrogens (tertiary/aromatic N) is 3. The van der Waals surface area contributed by atoms with Crippen LogP contribution < -0.4 is 16.4 Å². The van der Waals surface area contributed by atoms with Crippen LogP contribution >= 0.6 is 0 Å². The SMILES string of the molecule is Cc1ccc(-c2ccccc2N2C(N)=NC(N)=NC23CCCCC3)cc1. The first-order valence-corrected chi connectivity index (χ1v) is 9.25. The van der Waals surface area contributed by atoms with Gasteiger partial charge in [-0.05, 0) is 44.2 Å². The molecule has 0 radical (unpaired) electrons. The Kier molecular flexibility index (Phi) is 4.15. The summed E-state index contributed by atoms with van der Waals surface area (Å²) in [4.78, 5) is 11.2. The van der Waals surface area contributed by atoms with Crippen LogP contribution in [-0.2, 0) is 0 Å². The molecule has 1 aliphatic carbocycles. The van der Waals surface area contributed by atoms with Gasteiger partial charge in [0, 0.05) is 5.56 Å². The van der Waals surface area contributed by atoms with Crippen molar-refractivity contribution in [2.75, 3.05) is 4.90 Å². The molecule has 4 N–H and O–H groups in total. The maximum Gasteiger partial charge on any atom is 0.220 e. The highest BCUT2D eigenvalue weighted by atomic mass is 15.4. The molecule has 134 valence electrons. The zero-order valence-electron chi connectivity index (χ0n) is 15.2. The normalized spacial score (nSPS) is 19.2. The van der Waals surface area contributed by atoms with Crippen LogP contribution in [0.4, 0.5) is 5.69 Å². The average molecular weight is 347 g/mol. The minimum Gasteiger partial charge on any atom is -0.369 e. The third kappa shape index (κ3) is 2.83. The van der Waals surface area contributed by atoms with Crippen LogP contribution in [0.15, 0.2) is 58.5 Å². The molecule has 0 bridgehead atoms. The van der Waals surface area contributed by atoms with Gasteiger partial charge in [0.25, 0.3) is 0 Å². The number of anilines is 1. The lowest BCUT2D eigenvalue weighted by molar-refractivity contribution is 0.305. The molecular formula is C21H25N5. The molecule has 0 saturated heterocycles. The molecular weight excluding hydrogens is 322 g/mol. The fourth-order valence-electron chi connectivity index (χ4n) is 4.12. The summed E-state index contributed by atoms with van der Waals surface area (Å²) in [6.07, 6.45) is 5.33. The number of hydrogen-bond acceptors (Lipinski definition) is 5. The highest BCUT2D eigenvalue weighted by Crippen LogP contribution is 2.42. The maximum absolute atomic E-state index is 6.39. The molecule has 2 aromatic rings. The lowest BCUT2D eigenvalue weighted by Crippen LogP contribution is -2.58. The topological polar surface area (TPSA) is 80.0 Å². The number of benzene rings is 2. The Morgan fingerprint density at radius 1 is 0.923 bits per heavy atom. The highest BCUT2D eigenvalue weighted by Gasteiger charge is 2.43. The summed E-state index contributed by atoms with van der Waals surface area (Å²) in [6.45, 7) is 2.10. The van der Waals surface area contributed by atoms with Gasteiger partial charge >= 0.3 is 0 Å². The molecule has 0 unspecified atom stereocenters. The predicted octanol–water partition coefficient (Wildman–Crippen LogP) is 3.77. The Labute approximate surface area is 154 Å². The largest absolute Gasteiger partial charge is 0.369 e. The number of guanidine groups is 2. The molecule has 1 aliphatic heterocycles. The van der Waals surface area contributed by atoms with Gasteiger partial charge in [0.15, 0.2) is 0 Å². The summed E-state index contributed by atoms with van der Waals surface area (Å²) in [5.41, 5.74) is 16.5. The van der Waals surface area contributed by atoms with Crippen molar-refractivity contribution < 1.29 is 0 Å². The second-order valence-corrected chi connectivity index (χ2v) is 7.20.